The first kappa shape index (κ1) is 50.6. The summed E-state index contributed by atoms with van der Waals surface area (Å²) >= 11 is 18.0. The summed E-state index contributed by atoms with van der Waals surface area (Å²) in [6.45, 7) is 3.46. The van der Waals surface area contributed by atoms with Crippen LogP contribution < -0.4 is 4.90 Å². The average molecular weight is 1030 g/mol. The number of thioether (sulfide) groups is 3. The number of para-hydroxylation sites is 1. The van der Waals surface area contributed by atoms with Crippen LogP contribution in [0.2, 0.25) is 0 Å². The molecule has 0 saturated carbocycles. The third-order valence-electron chi connectivity index (χ3n) is 11.6. The molecule has 0 bridgehead atoms. The van der Waals surface area contributed by atoms with Gasteiger partial charge in [-0.15, -0.1) is 46.2 Å². The van der Waals surface area contributed by atoms with E-state index < -0.39 is 30.9 Å². The van der Waals surface area contributed by atoms with Gasteiger partial charge in [-0.25, -0.2) is 0 Å². The molecule has 16 heteroatoms. The van der Waals surface area contributed by atoms with Crippen molar-refractivity contribution in [1.82, 2.24) is 9.80 Å². The largest absolute Gasteiger partial charge is 0.480 e. The van der Waals surface area contributed by atoms with Gasteiger partial charge in [0.1, 0.15) is 17.4 Å². The standard InChI is InChI=1S/C51H53N3O6S7/c1-4-6-8-11-15-32-23-37(27-43(63-3)49(59)52(31-61)29-45(55)56)64-47(32)34-19-21-39-41(25-34)66-42-26-35(20-22-40(42)54(39)36-17-13-10-14-18-36)48-33(16-12-9-7-5-2)24-38(65-48)28-44-50(60)53(30-46(57)58)51(62)67-44/h10,13-14,17-28,31,40,42H,4-9,11-12,15-16,29-30H2,1-3H3,(H,55,56)(H,57,58)/b43-27+,44-28+. The number of thiocarbonyl (C=S) groups is 2. The molecule has 4 heterocycles. The van der Waals surface area contributed by atoms with E-state index in [1.807, 2.05) is 36.2 Å². The number of hydrogen-bond donors (Lipinski definition) is 2. The molecule has 3 aliphatic rings. The normalized spacial score (nSPS) is 17.4. The zero-order chi connectivity index (χ0) is 47.6. The smallest absolute Gasteiger partial charge is 0.323 e. The molecule has 1 fully saturated rings. The zero-order valence-electron chi connectivity index (χ0n) is 37.6. The first-order chi connectivity index (χ1) is 32.4. The number of carbonyl (C=O) groups is 4. The van der Waals surface area contributed by atoms with Crippen molar-refractivity contribution >= 4 is 145 Å². The van der Waals surface area contributed by atoms with Crippen molar-refractivity contribution in [2.75, 3.05) is 24.2 Å². The highest BCUT2D eigenvalue weighted by molar-refractivity contribution is 8.26. The third kappa shape index (κ3) is 12.3. The van der Waals surface area contributed by atoms with Crippen LogP contribution in [0, 0.1) is 0 Å². The van der Waals surface area contributed by atoms with Crippen LogP contribution in [0.3, 0.4) is 0 Å². The summed E-state index contributed by atoms with van der Waals surface area (Å²) in [7, 11) is 0. The molecule has 350 valence electrons. The Morgan fingerprint density at radius 1 is 0.866 bits per heavy atom. The summed E-state index contributed by atoms with van der Waals surface area (Å²) in [4.78, 5) is 60.5. The summed E-state index contributed by atoms with van der Waals surface area (Å²) in [5.74, 6) is -3.05. The molecule has 67 heavy (non-hydrogen) atoms. The molecule has 0 radical (unpaired) electrons. The van der Waals surface area contributed by atoms with Crippen molar-refractivity contribution in [3.05, 3.63) is 114 Å². The van der Waals surface area contributed by atoms with Crippen LogP contribution in [-0.4, -0.2) is 84.2 Å². The van der Waals surface area contributed by atoms with Crippen molar-refractivity contribution < 1.29 is 29.4 Å². The number of hydrogen-bond acceptors (Lipinski definition) is 12. The predicted octanol–water partition coefficient (Wildman–Crippen LogP) is 13.2. The van der Waals surface area contributed by atoms with Crippen LogP contribution >= 0.6 is 82.4 Å². The van der Waals surface area contributed by atoms with Gasteiger partial charge in [0.05, 0.1) is 32.3 Å². The number of aliphatic carboxylic acids is 2. The quantitative estimate of drug-likeness (QED) is 0.0443. The second-order valence-corrected chi connectivity index (χ2v) is 22.5. The second-order valence-electron chi connectivity index (χ2n) is 16.4. The van der Waals surface area contributed by atoms with Gasteiger partial charge in [0.2, 0.25) is 0 Å². The molecule has 2 aliphatic heterocycles. The van der Waals surface area contributed by atoms with Gasteiger partial charge < -0.3 is 15.1 Å². The third-order valence-corrected chi connectivity index (χ3v) is 17.6. The number of nitrogens with zero attached hydrogens (tertiary/aromatic N) is 3. The minimum Gasteiger partial charge on any atom is -0.480 e. The molecule has 2 amide bonds. The molecule has 2 atom stereocenters. The van der Waals surface area contributed by atoms with E-state index in [0.717, 1.165) is 127 Å². The van der Waals surface area contributed by atoms with Crippen LogP contribution in [0.25, 0.3) is 28.2 Å². The lowest BCUT2D eigenvalue weighted by molar-refractivity contribution is -0.140. The van der Waals surface area contributed by atoms with Gasteiger partial charge in [-0.2, -0.15) is 0 Å². The zero-order valence-corrected chi connectivity index (χ0v) is 43.3. The van der Waals surface area contributed by atoms with Gasteiger partial charge in [-0.05, 0) is 103 Å². The van der Waals surface area contributed by atoms with E-state index in [0.29, 0.717) is 9.81 Å². The molecule has 4 aromatic rings. The number of amides is 2. The fraction of sp³-hybridized carbons (Fsp3) is 0.333. The van der Waals surface area contributed by atoms with Gasteiger partial charge in [0.25, 0.3) is 11.8 Å². The number of aryl methyl sites for hydroxylation is 2. The van der Waals surface area contributed by atoms with Crippen LogP contribution in [-0.2, 0) is 32.0 Å². The number of unbranched alkanes of at least 4 members (excludes halogenated alkanes) is 6. The number of benzene rings is 2. The number of thiophene rings is 2. The molecule has 1 aliphatic carbocycles. The fourth-order valence-electron chi connectivity index (χ4n) is 8.36. The Bertz CT molecular complexity index is 2650. The Labute approximate surface area is 424 Å². The maximum atomic E-state index is 13.4. The Morgan fingerprint density at radius 2 is 1.55 bits per heavy atom. The number of anilines is 2. The van der Waals surface area contributed by atoms with E-state index >= 15 is 0 Å². The van der Waals surface area contributed by atoms with E-state index in [9.17, 15) is 29.4 Å². The lowest BCUT2D eigenvalue weighted by Gasteiger charge is -2.42. The summed E-state index contributed by atoms with van der Waals surface area (Å²) in [6, 6.07) is 21.7. The highest BCUT2D eigenvalue weighted by Gasteiger charge is 2.37. The Hall–Kier alpha value is -4.29. The summed E-state index contributed by atoms with van der Waals surface area (Å²) < 4.78 is 0.254. The number of fused-ring (bicyclic) bond motifs is 2. The maximum absolute atomic E-state index is 13.4. The lowest BCUT2D eigenvalue weighted by atomic mass is 9.95. The van der Waals surface area contributed by atoms with Crippen LogP contribution in [0.4, 0.5) is 11.4 Å². The van der Waals surface area contributed by atoms with E-state index in [1.165, 1.54) is 34.2 Å². The van der Waals surface area contributed by atoms with Crippen molar-refractivity contribution in [2.24, 2.45) is 0 Å². The minimum atomic E-state index is -1.13. The van der Waals surface area contributed by atoms with Gasteiger partial charge in [-0.1, -0.05) is 131 Å². The lowest BCUT2D eigenvalue weighted by Crippen LogP contribution is -2.41. The Kier molecular flexibility index (Phi) is 18.0. The minimum absolute atomic E-state index is 0.0426. The first-order valence-corrected chi connectivity index (χ1v) is 27.9. The van der Waals surface area contributed by atoms with Crippen LogP contribution in [0.1, 0.15) is 91.0 Å². The molecule has 7 rings (SSSR count). The van der Waals surface area contributed by atoms with Gasteiger partial charge in [-0.3, -0.25) is 29.0 Å². The maximum Gasteiger partial charge on any atom is 0.323 e. The second kappa shape index (κ2) is 23.8. The molecular weight excluding hydrogens is 975 g/mol. The number of carboxylic acid groups (broad SMARTS) is 2. The number of rotatable bonds is 22. The van der Waals surface area contributed by atoms with Crippen molar-refractivity contribution in [3.63, 3.8) is 0 Å². The topological polar surface area (TPSA) is 118 Å². The molecular formula is C51H53N3O6S7. The molecule has 2 N–H and O–H groups in total. The molecule has 2 aromatic heterocycles. The van der Waals surface area contributed by atoms with Crippen molar-refractivity contribution in [2.45, 2.75) is 94.2 Å². The highest BCUT2D eigenvalue weighted by Crippen LogP contribution is 2.51. The summed E-state index contributed by atoms with van der Waals surface area (Å²) in [6.07, 6.45) is 23.3. The van der Waals surface area contributed by atoms with E-state index in [1.54, 1.807) is 22.7 Å². The first-order valence-electron chi connectivity index (χ1n) is 22.4. The molecule has 2 unspecified atom stereocenters. The number of carbonyl (C=O) groups excluding carboxylic acids is 2. The van der Waals surface area contributed by atoms with Crippen molar-refractivity contribution in [3.8, 4) is 10.4 Å². The summed E-state index contributed by atoms with van der Waals surface area (Å²) in [5.41, 5.74) is 8.06. The highest BCUT2D eigenvalue weighted by atomic mass is 32.2. The monoisotopic (exact) mass is 1030 g/mol. The number of allylic oxidation sites excluding steroid dienone is 2. The Balaban J connectivity index is 1.26. The predicted molar refractivity (Wildman–Crippen MR) is 291 cm³/mol. The van der Waals surface area contributed by atoms with Gasteiger partial charge >= 0.3 is 11.9 Å². The molecule has 0 spiro atoms. The van der Waals surface area contributed by atoms with Gasteiger partial charge in [0.15, 0.2) is 0 Å². The summed E-state index contributed by atoms with van der Waals surface area (Å²) in [5, 5.41) is 18.9. The van der Waals surface area contributed by atoms with Gasteiger partial charge in [0, 0.05) is 30.1 Å². The molecule has 1 saturated heterocycles. The van der Waals surface area contributed by atoms with Crippen LogP contribution in [0.5, 0.6) is 0 Å². The fourth-order valence-corrected chi connectivity index (χ4v) is 14.1. The number of carboxylic acids is 2. The van der Waals surface area contributed by atoms with E-state index in [-0.39, 0.29) is 21.5 Å². The molecule has 2 aromatic carbocycles. The SMILES string of the molecule is CCCCCCc1cc(/C=C2/SC(=S)N(CC(=O)O)C2=O)sc1C1=CC2Sc3cc(-c4sc(/C=C(/SC)C(=O)N(C=S)CC(=O)O)cc4CCCCCC)ccc3N(c3ccccc3)C2C=C1. The van der Waals surface area contributed by atoms with E-state index in [4.69, 9.17) is 24.4 Å². The van der Waals surface area contributed by atoms with Crippen LogP contribution in [0.15, 0.2) is 93.6 Å². The molecule has 9 nitrogen and oxygen atoms in total. The Morgan fingerprint density at radius 3 is 2.21 bits per heavy atom. The van der Waals surface area contributed by atoms with E-state index in [2.05, 4.69) is 91.6 Å². The average Bonchev–Trinajstić information content (AvgIpc) is 4.00. The van der Waals surface area contributed by atoms with Crippen molar-refractivity contribution in [1.29, 1.82) is 0 Å².